The van der Waals surface area contributed by atoms with Crippen LogP contribution in [0.15, 0.2) is 180 Å². The predicted molar refractivity (Wildman–Crippen MR) is 274 cm³/mol. The van der Waals surface area contributed by atoms with Crippen LogP contribution in [0.2, 0.25) is 0 Å². The van der Waals surface area contributed by atoms with Gasteiger partial charge < -0.3 is 18.1 Å². The molecule has 0 amide bonds. The van der Waals surface area contributed by atoms with Crippen LogP contribution in [-0.2, 0) is 6.42 Å². The van der Waals surface area contributed by atoms with Crippen molar-refractivity contribution < 1.29 is 4.42 Å². The summed E-state index contributed by atoms with van der Waals surface area (Å²) in [6.45, 7) is 2.09. The molecule has 0 N–H and O–H groups in total. The second kappa shape index (κ2) is 13.9. The Morgan fingerprint density at radius 2 is 0.955 bits per heavy atom. The summed E-state index contributed by atoms with van der Waals surface area (Å²) in [4.78, 5) is 0. The van der Waals surface area contributed by atoms with E-state index in [2.05, 4.69) is 203 Å². The van der Waals surface area contributed by atoms with E-state index in [9.17, 15) is 10.5 Å². The van der Waals surface area contributed by atoms with Crippen molar-refractivity contribution in [2.75, 3.05) is 0 Å². The maximum absolute atomic E-state index is 12.2. The number of fused-ring (bicyclic) bond motifs is 15. The van der Waals surface area contributed by atoms with Crippen LogP contribution in [0.5, 0.6) is 0 Å². The number of hydrogen-bond donors (Lipinski definition) is 0. The molecule has 0 saturated heterocycles. The molecule has 4 aromatic heterocycles. The lowest BCUT2D eigenvalue weighted by atomic mass is 9.91. The van der Waals surface area contributed by atoms with Gasteiger partial charge in [0.15, 0.2) is 0 Å². The summed E-state index contributed by atoms with van der Waals surface area (Å²) >= 11 is 0. The maximum Gasteiger partial charge on any atom is 0.145 e. The number of rotatable bonds is 4. The van der Waals surface area contributed by atoms with E-state index in [1.165, 1.54) is 5.56 Å². The van der Waals surface area contributed by atoms with Crippen LogP contribution in [-0.4, -0.2) is 13.7 Å². The zero-order valence-corrected chi connectivity index (χ0v) is 36.4. The van der Waals surface area contributed by atoms with Gasteiger partial charge in [0.25, 0.3) is 0 Å². The lowest BCUT2D eigenvalue weighted by molar-refractivity contribution is 0.673. The van der Waals surface area contributed by atoms with E-state index < -0.39 is 0 Å². The van der Waals surface area contributed by atoms with E-state index in [1.807, 2.05) is 12.1 Å². The monoisotopic (exact) mass is 855 g/mol. The molecule has 0 radical (unpaired) electrons. The molecule has 0 spiro atoms. The number of aryl methyl sites for hydroxylation is 2. The molecular weight excluding hydrogens is 819 g/mol. The lowest BCUT2D eigenvalue weighted by Gasteiger charge is -2.26. The Bertz CT molecular complexity index is 4160. The Kier molecular flexibility index (Phi) is 7.76. The molecule has 0 aliphatic heterocycles. The lowest BCUT2D eigenvalue weighted by Crippen LogP contribution is -2.14. The van der Waals surface area contributed by atoms with Crippen molar-refractivity contribution in [1.82, 2.24) is 13.7 Å². The van der Waals surface area contributed by atoms with Gasteiger partial charge >= 0.3 is 0 Å². The van der Waals surface area contributed by atoms with Gasteiger partial charge in [0.2, 0.25) is 0 Å². The van der Waals surface area contributed by atoms with Gasteiger partial charge in [-0.05, 0) is 85.0 Å². The third kappa shape index (κ3) is 5.02. The molecule has 1 aliphatic rings. The second-order valence-corrected chi connectivity index (χ2v) is 17.7. The fraction of sp³-hybridized carbons (Fsp3) is 0.0492. The van der Waals surface area contributed by atoms with E-state index in [0.717, 1.165) is 122 Å². The minimum Gasteiger partial charge on any atom is -0.455 e. The predicted octanol–water partition coefficient (Wildman–Crippen LogP) is 15.6. The van der Waals surface area contributed by atoms with Crippen molar-refractivity contribution in [2.45, 2.75) is 19.8 Å². The van der Waals surface area contributed by atoms with Gasteiger partial charge in [-0.1, -0.05) is 139 Å². The summed E-state index contributed by atoms with van der Waals surface area (Å²) in [6, 6.07) is 64.9. The number of nitrogens with zero attached hydrogens (tertiary/aromatic N) is 5. The van der Waals surface area contributed by atoms with Crippen molar-refractivity contribution in [3.63, 3.8) is 0 Å². The van der Waals surface area contributed by atoms with E-state index in [4.69, 9.17) is 4.42 Å². The Morgan fingerprint density at radius 1 is 0.463 bits per heavy atom. The summed E-state index contributed by atoms with van der Waals surface area (Å²) < 4.78 is 13.6. The van der Waals surface area contributed by atoms with E-state index in [-0.39, 0.29) is 0 Å². The summed E-state index contributed by atoms with van der Waals surface area (Å²) in [6.07, 6.45) is 6.37. The average Bonchev–Trinajstić information content (AvgIpc) is 4.12. The van der Waals surface area contributed by atoms with Gasteiger partial charge in [0.1, 0.15) is 34.4 Å². The molecule has 0 bridgehead atoms. The maximum atomic E-state index is 12.2. The highest BCUT2D eigenvalue weighted by Crippen LogP contribution is 2.50. The summed E-state index contributed by atoms with van der Waals surface area (Å²) in [5.41, 5.74) is 15.1. The van der Waals surface area contributed by atoms with Gasteiger partial charge in [0.05, 0.1) is 55.5 Å². The van der Waals surface area contributed by atoms with Crippen molar-refractivity contribution in [3.05, 3.63) is 204 Å². The van der Waals surface area contributed by atoms with Gasteiger partial charge in [-0.25, -0.2) is 0 Å². The molecule has 312 valence electrons. The Morgan fingerprint density at radius 3 is 1.52 bits per heavy atom. The van der Waals surface area contributed by atoms with E-state index in [1.54, 1.807) is 0 Å². The van der Waals surface area contributed by atoms with Crippen LogP contribution < -0.4 is 0 Å². The molecule has 6 heteroatoms. The summed E-state index contributed by atoms with van der Waals surface area (Å²) in [5.74, 6) is 0. The standard InChI is InChI=1S/C61H37N5O/c1-36-26-28-38(29-27-36)55-59(64-48-21-9-4-16-40(48)41-17-5-10-22-49(41)64)46(34-62)58(47(35-63)60(55)65-50-23-11-6-18-42(50)43-19-7-12-24-51(43)65)66-52-32-30-37-14-2-3-15-39(37)56(52)57-53(66)33-31-45-44-20-8-13-25-54(44)67-61(45)57/h3-13,15-33H,2,14H2,1H3. The highest BCUT2D eigenvalue weighted by molar-refractivity contribution is 6.26. The first-order valence-electron chi connectivity index (χ1n) is 22.8. The third-order valence-electron chi connectivity index (χ3n) is 14.3. The van der Waals surface area contributed by atoms with Crippen LogP contribution in [0.25, 0.3) is 122 Å². The molecule has 67 heavy (non-hydrogen) atoms. The second-order valence-electron chi connectivity index (χ2n) is 17.7. The topological polar surface area (TPSA) is 75.5 Å². The van der Waals surface area contributed by atoms with Crippen LogP contribution in [0.3, 0.4) is 0 Å². The molecule has 0 saturated carbocycles. The molecule has 0 atom stereocenters. The molecule has 14 rings (SSSR count). The van der Waals surface area contributed by atoms with Crippen molar-refractivity contribution in [2.24, 2.45) is 0 Å². The molecule has 4 heterocycles. The van der Waals surface area contributed by atoms with Crippen LogP contribution in [0, 0.1) is 29.6 Å². The van der Waals surface area contributed by atoms with Crippen molar-refractivity contribution in [3.8, 4) is 40.3 Å². The van der Waals surface area contributed by atoms with Crippen LogP contribution in [0.4, 0.5) is 0 Å². The Hall–Kier alpha value is -9.10. The summed E-state index contributed by atoms with van der Waals surface area (Å²) in [7, 11) is 0. The first kappa shape index (κ1) is 37.3. The zero-order valence-electron chi connectivity index (χ0n) is 36.4. The van der Waals surface area contributed by atoms with Gasteiger partial charge in [-0.2, -0.15) is 10.5 Å². The van der Waals surface area contributed by atoms with E-state index in [0.29, 0.717) is 28.2 Å². The smallest absolute Gasteiger partial charge is 0.145 e. The fourth-order valence-electron chi connectivity index (χ4n) is 11.4. The first-order valence-corrected chi connectivity index (χ1v) is 22.8. The number of aromatic nitrogens is 3. The van der Waals surface area contributed by atoms with Crippen molar-refractivity contribution >= 4 is 93.4 Å². The molecule has 1 aliphatic carbocycles. The molecular formula is C61H37N5O. The number of nitriles is 2. The normalized spacial score (nSPS) is 12.6. The fourth-order valence-corrected chi connectivity index (χ4v) is 11.4. The molecule has 6 nitrogen and oxygen atoms in total. The minimum atomic E-state index is 0.389. The minimum absolute atomic E-state index is 0.389. The molecule has 9 aromatic carbocycles. The highest BCUT2D eigenvalue weighted by atomic mass is 16.3. The SMILES string of the molecule is Cc1ccc(-c2c(-n3c4ccccc4c4ccccc43)c(C#N)c(-n3c4ccc5c(c4c4c6oc7ccccc7c6ccc43)C=CCC5)c(C#N)c2-n2c3ccccc3c3ccccc32)cc1. The third-order valence-corrected chi connectivity index (χ3v) is 14.3. The quantitative estimate of drug-likeness (QED) is 0.177. The first-order chi connectivity index (χ1) is 33.1. The van der Waals surface area contributed by atoms with Crippen LogP contribution >= 0.6 is 0 Å². The van der Waals surface area contributed by atoms with E-state index >= 15 is 0 Å². The van der Waals surface area contributed by atoms with Gasteiger partial charge in [-0.15, -0.1) is 0 Å². The highest BCUT2D eigenvalue weighted by Gasteiger charge is 2.34. The number of benzene rings is 9. The average molecular weight is 856 g/mol. The number of hydrogen-bond acceptors (Lipinski definition) is 3. The Labute approximate surface area is 384 Å². The Balaban J connectivity index is 1.29. The van der Waals surface area contributed by atoms with Gasteiger partial charge in [-0.3, -0.25) is 0 Å². The van der Waals surface area contributed by atoms with Crippen LogP contribution in [0.1, 0.15) is 34.2 Å². The van der Waals surface area contributed by atoms with Crippen molar-refractivity contribution in [1.29, 1.82) is 10.5 Å². The largest absolute Gasteiger partial charge is 0.455 e. The molecule has 0 fully saturated rings. The molecule has 13 aromatic rings. The zero-order chi connectivity index (χ0) is 44.5. The number of furan rings is 1. The number of para-hydroxylation sites is 5. The summed E-state index contributed by atoms with van der Waals surface area (Å²) in [5, 5.41) is 32.8. The van der Waals surface area contributed by atoms with Gasteiger partial charge in [0, 0.05) is 43.3 Å². The molecule has 0 unspecified atom stereocenters. The number of allylic oxidation sites excluding steroid dienone is 1.